The van der Waals surface area contributed by atoms with Crippen molar-refractivity contribution in [2.45, 2.75) is 0 Å². The Morgan fingerprint density at radius 3 is 3.08 bits per heavy atom. The molecule has 0 saturated carbocycles. The Hall–Kier alpha value is -1.23. The minimum atomic E-state index is -0.287. The Kier molecular flexibility index (Phi) is 3.13. The van der Waals surface area contributed by atoms with Crippen LogP contribution in [-0.2, 0) is 0 Å². The Morgan fingerprint density at radius 2 is 2.46 bits per heavy atom. The van der Waals surface area contributed by atoms with Gasteiger partial charge in [-0.1, -0.05) is 22.5 Å². The van der Waals surface area contributed by atoms with Gasteiger partial charge in [0.15, 0.2) is 0 Å². The van der Waals surface area contributed by atoms with E-state index in [1.54, 1.807) is 6.07 Å². The summed E-state index contributed by atoms with van der Waals surface area (Å²) in [5, 5.41) is 2.96. The summed E-state index contributed by atoms with van der Waals surface area (Å²) in [5.41, 5.74) is 6.04. The van der Waals surface area contributed by atoms with Crippen molar-refractivity contribution in [3.63, 3.8) is 0 Å². The predicted octanol–water partition coefficient (Wildman–Crippen LogP) is 1.28. The molecule has 0 aromatic carbocycles. The normalized spacial score (nSPS) is 9.62. The highest BCUT2D eigenvalue weighted by Gasteiger charge is 2.00. The van der Waals surface area contributed by atoms with E-state index in [-0.39, 0.29) is 11.2 Å². The van der Waals surface area contributed by atoms with Gasteiger partial charge in [0.05, 0.1) is 5.69 Å². The van der Waals surface area contributed by atoms with Gasteiger partial charge in [0.2, 0.25) is 0 Å². The van der Waals surface area contributed by atoms with E-state index in [0.29, 0.717) is 12.2 Å². The zero-order valence-electron chi connectivity index (χ0n) is 6.93. The molecule has 0 aliphatic carbocycles. The number of pyridine rings is 1. The molecule has 0 saturated heterocycles. The predicted molar refractivity (Wildman–Crippen MR) is 58.0 cm³/mol. The first-order chi connectivity index (χ1) is 6.11. The van der Waals surface area contributed by atoms with Crippen LogP contribution in [0.4, 0.5) is 11.4 Å². The van der Waals surface area contributed by atoms with Gasteiger partial charge in [-0.3, -0.25) is 4.79 Å². The van der Waals surface area contributed by atoms with Gasteiger partial charge in [-0.05, 0) is 6.07 Å². The number of hydrogen-bond donors (Lipinski definition) is 3. The monoisotopic (exact) mass is 243 g/mol. The van der Waals surface area contributed by atoms with E-state index in [4.69, 9.17) is 5.73 Å². The molecule has 0 aliphatic heterocycles. The summed E-state index contributed by atoms with van der Waals surface area (Å²) in [6.07, 6.45) is 1.54. The minimum Gasteiger partial charge on any atom is -0.393 e. The molecule has 0 amide bonds. The zero-order chi connectivity index (χ0) is 9.84. The molecule has 0 radical (unpaired) electrons. The maximum Gasteiger partial charge on any atom is 0.273 e. The first-order valence-corrected chi connectivity index (χ1v) is 4.45. The topological polar surface area (TPSA) is 70.9 Å². The molecule has 0 aliphatic rings. The number of aromatic nitrogens is 1. The Balaban J connectivity index is 2.83. The molecule has 1 rings (SSSR count). The number of anilines is 2. The van der Waals surface area contributed by atoms with Crippen LogP contribution in [0.5, 0.6) is 0 Å². The van der Waals surface area contributed by atoms with E-state index in [1.807, 2.05) is 0 Å². The number of halogens is 1. The summed E-state index contributed by atoms with van der Waals surface area (Å²) >= 11 is 3.19. The smallest absolute Gasteiger partial charge is 0.273 e. The average molecular weight is 244 g/mol. The van der Waals surface area contributed by atoms with Crippen molar-refractivity contribution in [1.29, 1.82) is 0 Å². The van der Waals surface area contributed by atoms with E-state index < -0.39 is 0 Å². The molecule has 0 spiro atoms. The Labute approximate surface area is 84.0 Å². The van der Waals surface area contributed by atoms with Crippen LogP contribution in [0.2, 0.25) is 0 Å². The van der Waals surface area contributed by atoms with Crippen LogP contribution in [-0.4, -0.2) is 11.5 Å². The molecule has 4 N–H and O–H groups in total. The number of hydrogen-bond acceptors (Lipinski definition) is 3. The molecule has 4 nitrogen and oxygen atoms in total. The summed E-state index contributed by atoms with van der Waals surface area (Å²) in [5.74, 6) is 0. The fourth-order valence-electron chi connectivity index (χ4n) is 0.836. The second-order valence-electron chi connectivity index (χ2n) is 2.50. The van der Waals surface area contributed by atoms with Crippen LogP contribution in [0.3, 0.4) is 0 Å². The van der Waals surface area contributed by atoms with Crippen molar-refractivity contribution in [3.8, 4) is 0 Å². The summed E-state index contributed by atoms with van der Waals surface area (Å²) in [4.78, 5) is 13.5. The second kappa shape index (κ2) is 4.13. The van der Waals surface area contributed by atoms with Gasteiger partial charge in [0.25, 0.3) is 5.56 Å². The third-order valence-electron chi connectivity index (χ3n) is 1.47. The quantitative estimate of drug-likeness (QED) is 0.749. The van der Waals surface area contributed by atoms with E-state index >= 15 is 0 Å². The number of aromatic amines is 1. The third-order valence-corrected chi connectivity index (χ3v) is 1.75. The number of nitrogens with two attached hydrogens (primary N) is 1. The molecule has 1 aromatic rings. The van der Waals surface area contributed by atoms with Gasteiger partial charge >= 0.3 is 0 Å². The maximum atomic E-state index is 11.0. The lowest BCUT2D eigenvalue weighted by Crippen LogP contribution is -2.14. The number of rotatable bonds is 3. The molecular weight excluding hydrogens is 234 g/mol. The molecule has 0 bridgehead atoms. The number of nitrogen functional groups attached to an aromatic ring is 1. The van der Waals surface area contributed by atoms with Crippen molar-refractivity contribution in [2.75, 3.05) is 17.6 Å². The molecule has 5 heteroatoms. The van der Waals surface area contributed by atoms with Gasteiger partial charge in [-0.15, -0.1) is 0 Å². The SMILES string of the molecule is C=C(Br)CNc1cc[nH]c(=O)c1N. The van der Waals surface area contributed by atoms with Crippen LogP contribution in [0, 0.1) is 0 Å². The minimum absolute atomic E-state index is 0.191. The highest BCUT2D eigenvalue weighted by atomic mass is 79.9. The molecular formula is C8H10BrN3O. The van der Waals surface area contributed by atoms with E-state index in [0.717, 1.165) is 4.48 Å². The molecule has 1 heterocycles. The molecule has 1 aromatic heterocycles. The van der Waals surface area contributed by atoms with Gasteiger partial charge in [0.1, 0.15) is 5.69 Å². The van der Waals surface area contributed by atoms with Crippen molar-refractivity contribution >= 4 is 27.3 Å². The molecule has 0 unspecified atom stereocenters. The van der Waals surface area contributed by atoms with E-state index in [2.05, 4.69) is 32.8 Å². The molecule has 13 heavy (non-hydrogen) atoms. The van der Waals surface area contributed by atoms with Gasteiger partial charge < -0.3 is 16.0 Å². The van der Waals surface area contributed by atoms with Crippen LogP contribution in [0.1, 0.15) is 0 Å². The van der Waals surface area contributed by atoms with Crippen molar-refractivity contribution in [2.24, 2.45) is 0 Å². The van der Waals surface area contributed by atoms with Gasteiger partial charge in [-0.25, -0.2) is 0 Å². The molecule has 70 valence electrons. The lowest BCUT2D eigenvalue weighted by Gasteiger charge is -2.06. The summed E-state index contributed by atoms with van der Waals surface area (Å²) in [6, 6.07) is 1.70. The van der Waals surface area contributed by atoms with Crippen LogP contribution in [0.15, 0.2) is 28.1 Å². The summed E-state index contributed by atoms with van der Waals surface area (Å²) in [7, 11) is 0. The first kappa shape index (κ1) is 9.85. The van der Waals surface area contributed by atoms with E-state index in [9.17, 15) is 4.79 Å². The van der Waals surface area contributed by atoms with Crippen LogP contribution >= 0.6 is 15.9 Å². The van der Waals surface area contributed by atoms with Crippen LogP contribution in [0.25, 0.3) is 0 Å². The second-order valence-corrected chi connectivity index (χ2v) is 3.63. The fourth-order valence-corrected chi connectivity index (χ4v) is 0.976. The maximum absolute atomic E-state index is 11.0. The van der Waals surface area contributed by atoms with Crippen molar-refractivity contribution in [3.05, 3.63) is 33.7 Å². The summed E-state index contributed by atoms with van der Waals surface area (Å²) in [6.45, 7) is 4.19. The average Bonchev–Trinajstić information content (AvgIpc) is 2.07. The fraction of sp³-hybridized carbons (Fsp3) is 0.125. The highest BCUT2D eigenvalue weighted by Crippen LogP contribution is 2.12. The number of nitrogens with one attached hydrogen (secondary N) is 2. The Bertz CT molecular complexity index is 372. The largest absolute Gasteiger partial charge is 0.393 e. The number of H-pyrrole nitrogens is 1. The van der Waals surface area contributed by atoms with Gasteiger partial charge in [0, 0.05) is 17.2 Å². The lowest BCUT2D eigenvalue weighted by atomic mass is 10.3. The van der Waals surface area contributed by atoms with Crippen molar-refractivity contribution < 1.29 is 0 Å². The Morgan fingerprint density at radius 1 is 1.77 bits per heavy atom. The summed E-state index contributed by atoms with van der Waals surface area (Å²) < 4.78 is 0.798. The molecule has 0 fully saturated rings. The standard InChI is InChI=1S/C8H10BrN3O/c1-5(9)4-12-6-2-3-11-8(13)7(6)10/h2-3H,1,4,10H2,(H2,11,12,13). The zero-order valence-corrected chi connectivity index (χ0v) is 8.52. The van der Waals surface area contributed by atoms with Gasteiger partial charge in [-0.2, -0.15) is 0 Å². The molecule has 0 atom stereocenters. The lowest BCUT2D eigenvalue weighted by molar-refractivity contribution is 1.22. The third kappa shape index (κ3) is 2.62. The highest BCUT2D eigenvalue weighted by molar-refractivity contribution is 9.11. The van der Waals surface area contributed by atoms with E-state index in [1.165, 1.54) is 6.20 Å². The van der Waals surface area contributed by atoms with Crippen LogP contribution < -0.4 is 16.6 Å². The van der Waals surface area contributed by atoms with Crippen molar-refractivity contribution in [1.82, 2.24) is 4.98 Å². The first-order valence-electron chi connectivity index (χ1n) is 3.65.